The molecule has 1 fully saturated rings. The quantitative estimate of drug-likeness (QED) is 0.858. The van der Waals surface area contributed by atoms with Crippen LogP contribution in [-0.4, -0.2) is 36.3 Å². The zero-order valence-electron chi connectivity index (χ0n) is 14.1. The molecule has 0 aliphatic carbocycles. The van der Waals surface area contributed by atoms with Gasteiger partial charge in [0.2, 0.25) is 10.0 Å². The van der Waals surface area contributed by atoms with E-state index >= 15 is 0 Å². The predicted octanol–water partition coefficient (Wildman–Crippen LogP) is 2.08. The molecule has 1 amide bonds. The molecule has 1 aliphatic heterocycles. The maximum absolute atomic E-state index is 12.7. The Labute approximate surface area is 156 Å². The molecule has 0 radical (unpaired) electrons. The third-order valence-corrected chi connectivity index (χ3v) is 6.62. The molecule has 0 atom stereocenters. The number of hydrogen-bond acceptors (Lipinski definition) is 4. The van der Waals surface area contributed by atoms with Crippen molar-refractivity contribution in [3.8, 4) is 0 Å². The molecule has 0 spiro atoms. The monoisotopic (exact) mass is 395 g/mol. The van der Waals surface area contributed by atoms with Crippen LogP contribution in [0.15, 0.2) is 46.2 Å². The molecule has 1 aliphatic rings. The highest BCUT2D eigenvalue weighted by Gasteiger charge is 2.29. The lowest BCUT2D eigenvalue weighted by Gasteiger charge is -2.17. The van der Waals surface area contributed by atoms with Crippen LogP contribution in [0.2, 0.25) is 5.02 Å². The summed E-state index contributed by atoms with van der Waals surface area (Å²) < 4.78 is 28.2. The molecule has 1 aromatic heterocycles. The number of amides is 1. The summed E-state index contributed by atoms with van der Waals surface area (Å²) in [4.78, 5) is 23.9. The van der Waals surface area contributed by atoms with E-state index in [0.717, 1.165) is 12.8 Å². The SMILES string of the molecule is Cn1ccc(C(=O)Nc2ccc(Cl)c(S(=O)(=O)N3CCCC3)c2)cc1=O. The lowest BCUT2D eigenvalue weighted by molar-refractivity contribution is 0.102. The van der Waals surface area contributed by atoms with Crippen molar-refractivity contribution in [1.29, 1.82) is 0 Å². The Morgan fingerprint density at radius 3 is 2.50 bits per heavy atom. The minimum atomic E-state index is -3.71. The molecule has 0 unspecified atom stereocenters. The number of aryl methyl sites for hydroxylation is 1. The van der Waals surface area contributed by atoms with Gasteiger partial charge in [0.15, 0.2) is 0 Å². The molecule has 0 bridgehead atoms. The van der Waals surface area contributed by atoms with Gasteiger partial charge in [0.05, 0.1) is 5.02 Å². The molecule has 0 saturated carbocycles. The lowest BCUT2D eigenvalue weighted by Crippen LogP contribution is -2.28. The highest BCUT2D eigenvalue weighted by molar-refractivity contribution is 7.89. The molecule has 1 aromatic carbocycles. The number of anilines is 1. The molecule has 9 heteroatoms. The number of carbonyl (C=O) groups is 1. The van der Waals surface area contributed by atoms with Crippen LogP contribution in [0.3, 0.4) is 0 Å². The second kappa shape index (κ2) is 7.22. The van der Waals surface area contributed by atoms with E-state index in [0.29, 0.717) is 13.1 Å². The van der Waals surface area contributed by atoms with Gasteiger partial charge in [0, 0.05) is 43.7 Å². The lowest BCUT2D eigenvalue weighted by atomic mass is 10.2. The van der Waals surface area contributed by atoms with Crippen molar-refractivity contribution in [3.63, 3.8) is 0 Å². The Balaban J connectivity index is 1.88. The van der Waals surface area contributed by atoms with E-state index in [1.165, 1.54) is 45.4 Å². The van der Waals surface area contributed by atoms with Crippen LogP contribution in [0.25, 0.3) is 0 Å². The van der Waals surface area contributed by atoms with E-state index in [4.69, 9.17) is 11.6 Å². The summed E-state index contributed by atoms with van der Waals surface area (Å²) in [6.45, 7) is 0.922. The van der Waals surface area contributed by atoms with Gasteiger partial charge in [0.1, 0.15) is 4.90 Å². The van der Waals surface area contributed by atoms with Gasteiger partial charge in [0.25, 0.3) is 11.5 Å². The number of carbonyl (C=O) groups excluding carboxylic acids is 1. The molecule has 7 nitrogen and oxygen atoms in total. The number of benzene rings is 1. The van der Waals surface area contributed by atoms with Crippen molar-refractivity contribution < 1.29 is 13.2 Å². The Kier molecular flexibility index (Phi) is 5.17. The highest BCUT2D eigenvalue weighted by Crippen LogP contribution is 2.29. The van der Waals surface area contributed by atoms with Gasteiger partial charge in [-0.05, 0) is 37.1 Å². The van der Waals surface area contributed by atoms with E-state index in [2.05, 4.69) is 5.32 Å². The highest BCUT2D eigenvalue weighted by atomic mass is 35.5. The second-order valence-corrected chi connectivity index (χ2v) is 8.39. The molecule has 1 saturated heterocycles. The zero-order valence-corrected chi connectivity index (χ0v) is 15.7. The molecular formula is C17H18ClN3O4S. The van der Waals surface area contributed by atoms with Gasteiger partial charge in [-0.3, -0.25) is 9.59 Å². The number of nitrogens with zero attached hydrogens (tertiary/aromatic N) is 2. The Bertz CT molecular complexity index is 1010. The predicted molar refractivity (Wildman–Crippen MR) is 99.1 cm³/mol. The third kappa shape index (κ3) is 3.67. The number of pyridine rings is 1. The van der Waals surface area contributed by atoms with Crippen LogP contribution in [-0.2, 0) is 17.1 Å². The average molecular weight is 396 g/mol. The molecule has 2 aromatic rings. The van der Waals surface area contributed by atoms with Gasteiger partial charge in [-0.15, -0.1) is 0 Å². The summed E-state index contributed by atoms with van der Waals surface area (Å²) in [7, 11) is -2.13. The summed E-state index contributed by atoms with van der Waals surface area (Å²) in [5, 5.41) is 2.71. The summed E-state index contributed by atoms with van der Waals surface area (Å²) in [6, 6.07) is 7.02. The topological polar surface area (TPSA) is 88.5 Å². The van der Waals surface area contributed by atoms with Crippen LogP contribution in [0.1, 0.15) is 23.2 Å². The minimum absolute atomic E-state index is 0.0390. The number of nitrogens with one attached hydrogen (secondary N) is 1. The first-order valence-electron chi connectivity index (χ1n) is 8.07. The van der Waals surface area contributed by atoms with Crippen LogP contribution in [0, 0.1) is 0 Å². The second-order valence-electron chi connectivity index (χ2n) is 6.08. The smallest absolute Gasteiger partial charge is 0.255 e. The molecule has 1 N–H and O–H groups in total. The fourth-order valence-corrected chi connectivity index (χ4v) is 4.76. The fourth-order valence-electron chi connectivity index (χ4n) is 2.74. The molecule has 2 heterocycles. The van der Waals surface area contributed by atoms with Crippen LogP contribution in [0.4, 0.5) is 5.69 Å². The maximum Gasteiger partial charge on any atom is 0.255 e. The first-order valence-corrected chi connectivity index (χ1v) is 9.88. The number of hydrogen-bond donors (Lipinski definition) is 1. The van der Waals surface area contributed by atoms with Crippen LogP contribution in [0.5, 0.6) is 0 Å². The normalized spacial score (nSPS) is 15.2. The van der Waals surface area contributed by atoms with E-state index < -0.39 is 15.9 Å². The number of aromatic nitrogens is 1. The van der Waals surface area contributed by atoms with Crippen molar-refractivity contribution in [2.75, 3.05) is 18.4 Å². The van der Waals surface area contributed by atoms with Gasteiger partial charge in [-0.25, -0.2) is 8.42 Å². The minimum Gasteiger partial charge on any atom is -0.322 e. The van der Waals surface area contributed by atoms with Crippen molar-refractivity contribution in [2.24, 2.45) is 7.05 Å². The molecule has 3 rings (SSSR count). The number of halogens is 1. The largest absolute Gasteiger partial charge is 0.322 e. The van der Waals surface area contributed by atoms with Crippen molar-refractivity contribution in [2.45, 2.75) is 17.7 Å². The Morgan fingerprint density at radius 1 is 1.15 bits per heavy atom. The maximum atomic E-state index is 12.7. The van der Waals surface area contributed by atoms with Crippen LogP contribution >= 0.6 is 11.6 Å². The molecular weight excluding hydrogens is 378 g/mol. The number of sulfonamides is 1. The molecule has 138 valence electrons. The van der Waals surface area contributed by atoms with Gasteiger partial charge in [-0.1, -0.05) is 11.6 Å². The van der Waals surface area contributed by atoms with Gasteiger partial charge in [-0.2, -0.15) is 4.31 Å². The van der Waals surface area contributed by atoms with Gasteiger partial charge < -0.3 is 9.88 Å². The fraction of sp³-hybridized carbons (Fsp3) is 0.294. The Hall–Kier alpha value is -2.16. The van der Waals surface area contributed by atoms with Crippen molar-refractivity contribution >= 4 is 33.2 Å². The number of rotatable bonds is 4. The first-order chi connectivity index (χ1) is 12.3. The average Bonchev–Trinajstić information content (AvgIpc) is 3.14. The Morgan fingerprint density at radius 2 is 1.85 bits per heavy atom. The zero-order chi connectivity index (χ0) is 18.9. The third-order valence-electron chi connectivity index (χ3n) is 4.24. The standard InChI is InChI=1S/C17H18ClN3O4S/c1-20-9-6-12(10-16(20)22)17(23)19-13-4-5-14(18)15(11-13)26(24,25)21-7-2-3-8-21/h4-6,9-11H,2-3,7-8H2,1H3,(H,19,23). The molecule has 26 heavy (non-hydrogen) atoms. The van der Waals surface area contributed by atoms with Crippen molar-refractivity contribution in [1.82, 2.24) is 8.87 Å². The van der Waals surface area contributed by atoms with E-state index in [9.17, 15) is 18.0 Å². The summed E-state index contributed by atoms with van der Waals surface area (Å²) >= 11 is 6.09. The summed E-state index contributed by atoms with van der Waals surface area (Å²) in [5.41, 5.74) is 0.163. The van der Waals surface area contributed by atoms with E-state index in [1.54, 1.807) is 7.05 Å². The van der Waals surface area contributed by atoms with Crippen molar-refractivity contribution in [3.05, 3.63) is 57.5 Å². The van der Waals surface area contributed by atoms with Gasteiger partial charge >= 0.3 is 0 Å². The van der Waals surface area contributed by atoms with Crippen LogP contribution < -0.4 is 10.9 Å². The first kappa shape index (κ1) is 18.6. The van der Waals surface area contributed by atoms with E-state index in [-0.39, 0.29) is 26.7 Å². The summed E-state index contributed by atoms with van der Waals surface area (Å²) in [5.74, 6) is -0.505. The summed E-state index contributed by atoms with van der Waals surface area (Å²) in [6.07, 6.45) is 3.12. The van der Waals surface area contributed by atoms with E-state index in [1.807, 2.05) is 0 Å².